The van der Waals surface area contributed by atoms with Crippen LogP contribution in [0.3, 0.4) is 0 Å². The average molecular weight is 226 g/mol. The van der Waals surface area contributed by atoms with E-state index >= 15 is 0 Å². The molecule has 0 saturated heterocycles. The average Bonchev–Trinajstić information content (AvgIpc) is 2.29. The van der Waals surface area contributed by atoms with E-state index in [4.69, 9.17) is 0 Å². The number of ether oxygens (including phenoxy) is 1. The molecule has 1 N–H and O–H groups in total. The Labute approximate surface area is 93.9 Å². The van der Waals surface area contributed by atoms with Crippen LogP contribution in [0.5, 0.6) is 5.75 Å². The lowest BCUT2D eigenvalue weighted by molar-refractivity contribution is -0.141. The third kappa shape index (κ3) is 2.95. The number of carbonyl (C=O) groups excluding carboxylic acids is 1. The molecule has 3 nitrogen and oxygen atoms in total. The van der Waals surface area contributed by atoms with Crippen molar-refractivity contribution in [3.8, 4) is 5.75 Å². The van der Waals surface area contributed by atoms with Gasteiger partial charge in [-0.05, 0) is 30.0 Å². The fourth-order valence-corrected chi connectivity index (χ4v) is 1.57. The monoisotopic (exact) mass is 226 g/mol. The molecule has 1 aromatic rings. The number of phenols is 1. The summed E-state index contributed by atoms with van der Waals surface area (Å²) in [7, 11) is 1.33. The largest absolute Gasteiger partial charge is 0.505 e. The Hall–Kier alpha value is -1.58. The highest BCUT2D eigenvalue weighted by atomic mass is 19.1. The van der Waals surface area contributed by atoms with Gasteiger partial charge in [-0.15, -0.1) is 0 Å². The van der Waals surface area contributed by atoms with Gasteiger partial charge in [-0.1, -0.05) is 13.0 Å². The fourth-order valence-electron chi connectivity index (χ4n) is 1.57. The van der Waals surface area contributed by atoms with E-state index in [9.17, 15) is 14.3 Å². The summed E-state index contributed by atoms with van der Waals surface area (Å²) >= 11 is 0. The van der Waals surface area contributed by atoms with E-state index in [-0.39, 0.29) is 24.1 Å². The van der Waals surface area contributed by atoms with E-state index in [1.165, 1.54) is 19.2 Å². The second-order valence-corrected chi connectivity index (χ2v) is 3.60. The van der Waals surface area contributed by atoms with Crippen LogP contribution in [0.1, 0.15) is 31.2 Å². The fraction of sp³-hybridized carbons (Fsp3) is 0.417. The molecule has 0 amide bonds. The molecule has 0 saturated carbocycles. The Kier molecular flexibility index (Phi) is 4.28. The maximum absolute atomic E-state index is 12.9. The molecule has 0 bridgehead atoms. The van der Waals surface area contributed by atoms with Gasteiger partial charge >= 0.3 is 5.97 Å². The zero-order valence-corrected chi connectivity index (χ0v) is 9.37. The van der Waals surface area contributed by atoms with Gasteiger partial charge in [0.05, 0.1) is 13.5 Å². The minimum absolute atomic E-state index is 0.0565. The Bertz CT molecular complexity index is 377. The lowest BCUT2D eigenvalue weighted by Crippen LogP contribution is -2.08. The van der Waals surface area contributed by atoms with Crippen molar-refractivity contribution in [1.82, 2.24) is 0 Å². The van der Waals surface area contributed by atoms with Gasteiger partial charge < -0.3 is 9.84 Å². The summed E-state index contributed by atoms with van der Waals surface area (Å²) in [5.41, 5.74) is 0.742. The highest BCUT2D eigenvalue weighted by molar-refractivity contribution is 5.70. The lowest BCUT2D eigenvalue weighted by Gasteiger charge is -2.14. The second kappa shape index (κ2) is 5.49. The number of esters is 1. The van der Waals surface area contributed by atoms with Gasteiger partial charge in [0.25, 0.3) is 0 Å². The molecule has 88 valence electrons. The van der Waals surface area contributed by atoms with Crippen molar-refractivity contribution >= 4 is 5.97 Å². The van der Waals surface area contributed by atoms with Crippen molar-refractivity contribution in [3.05, 3.63) is 29.6 Å². The highest BCUT2D eigenvalue weighted by Crippen LogP contribution is 2.27. The van der Waals surface area contributed by atoms with Gasteiger partial charge in [-0.2, -0.15) is 0 Å². The van der Waals surface area contributed by atoms with Gasteiger partial charge in [-0.25, -0.2) is 4.39 Å². The maximum atomic E-state index is 12.9. The zero-order chi connectivity index (χ0) is 12.1. The molecule has 0 aliphatic heterocycles. The minimum Gasteiger partial charge on any atom is -0.505 e. The summed E-state index contributed by atoms with van der Waals surface area (Å²) in [6, 6.07) is 4.13. The molecule has 0 aliphatic carbocycles. The number of benzene rings is 1. The molecular weight excluding hydrogens is 211 g/mol. The summed E-state index contributed by atoms with van der Waals surface area (Å²) in [6.45, 7) is 1.92. The molecule has 0 aliphatic rings. The molecule has 0 radical (unpaired) electrons. The molecule has 1 aromatic carbocycles. The Morgan fingerprint density at radius 1 is 1.56 bits per heavy atom. The van der Waals surface area contributed by atoms with E-state index in [1.54, 1.807) is 6.07 Å². The van der Waals surface area contributed by atoms with Crippen LogP contribution in [-0.2, 0) is 9.53 Å². The first-order chi connectivity index (χ1) is 7.58. The van der Waals surface area contributed by atoms with Gasteiger partial charge in [-0.3, -0.25) is 4.79 Å². The number of halogens is 1. The summed E-state index contributed by atoms with van der Waals surface area (Å²) in [4.78, 5) is 11.1. The van der Waals surface area contributed by atoms with Gasteiger partial charge in [0.1, 0.15) is 0 Å². The summed E-state index contributed by atoms with van der Waals surface area (Å²) in [5, 5.41) is 9.24. The molecule has 0 spiro atoms. The first kappa shape index (κ1) is 12.5. The van der Waals surface area contributed by atoms with Crippen LogP contribution in [0, 0.1) is 5.82 Å². The van der Waals surface area contributed by atoms with Crippen molar-refractivity contribution < 1.29 is 19.0 Å². The van der Waals surface area contributed by atoms with Gasteiger partial charge in [0.2, 0.25) is 0 Å². The van der Waals surface area contributed by atoms with Crippen molar-refractivity contribution in [3.63, 3.8) is 0 Å². The van der Waals surface area contributed by atoms with Crippen molar-refractivity contribution in [2.24, 2.45) is 0 Å². The quantitative estimate of drug-likeness (QED) is 0.802. The van der Waals surface area contributed by atoms with Crippen LogP contribution in [0.25, 0.3) is 0 Å². The lowest BCUT2D eigenvalue weighted by atomic mass is 9.93. The highest BCUT2D eigenvalue weighted by Gasteiger charge is 2.16. The molecule has 0 unspecified atom stereocenters. The second-order valence-electron chi connectivity index (χ2n) is 3.60. The Morgan fingerprint density at radius 3 is 2.75 bits per heavy atom. The van der Waals surface area contributed by atoms with Crippen LogP contribution < -0.4 is 0 Å². The summed E-state index contributed by atoms with van der Waals surface area (Å²) < 4.78 is 17.4. The number of rotatable bonds is 4. The number of carbonyl (C=O) groups is 1. The molecule has 4 heteroatoms. The Balaban J connectivity index is 2.86. The molecular formula is C12H15FO3. The van der Waals surface area contributed by atoms with E-state index in [0.717, 1.165) is 12.0 Å². The Morgan fingerprint density at radius 2 is 2.25 bits per heavy atom. The number of aromatic hydroxyl groups is 1. The van der Waals surface area contributed by atoms with E-state index in [1.807, 2.05) is 6.92 Å². The van der Waals surface area contributed by atoms with E-state index < -0.39 is 5.82 Å². The SMILES string of the molecule is CC[C@@H](CC(=O)OC)c1ccc(F)c(O)c1. The number of hydrogen-bond acceptors (Lipinski definition) is 3. The molecule has 1 atom stereocenters. The van der Waals surface area contributed by atoms with Crippen molar-refractivity contribution in [2.75, 3.05) is 7.11 Å². The molecule has 0 heterocycles. The maximum Gasteiger partial charge on any atom is 0.306 e. The predicted molar refractivity (Wildman–Crippen MR) is 57.7 cm³/mol. The van der Waals surface area contributed by atoms with Crippen LogP contribution in [0.15, 0.2) is 18.2 Å². The summed E-state index contributed by atoms with van der Waals surface area (Å²) in [5.74, 6) is -1.41. The van der Waals surface area contributed by atoms with E-state index in [0.29, 0.717) is 0 Å². The molecule has 0 fully saturated rings. The predicted octanol–water partition coefficient (Wildman–Crippen LogP) is 2.59. The van der Waals surface area contributed by atoms with E-state index in [2.05, 4.69) is 4.74 Å². The first-order valence-corrected chi connectivity index (χ1v) is 5.13. The van der Waals surface area contributed by atoms with Crippen molar-refractivity contribution in [1.29, 1.82) is 0 Å². The first-order valence-electron chi connectivity index (χ1n) is 5.13. The van der Waals surface area contributed by atoms with Gasteiger partial charge in [0, 0.05) is 0 Å². The smallest absolute Gasteiger partial charge is 0.306 e. The van der Waals surface area contributed by atoms with Crippen LogP contribution >= 0.6 is 0 Å². The zero-order valence-electron chi connectivity index (χ0n) is 9.37. The normalized spacial score (nSPS) is 12.2. The van der Waals surface area contributed by atoms with Crippen LogP contribution in [0.4, 0.5) is 4.39 Å². The third-order valence-corrected chi connectivity index (χ3v) is 2.58. The van der Waals surface area contributed by atoms with Gasteiger partial charge in [0.15, 0.2) is 11.6 Å². The number of hydrogen-bond donors (Lipinski definition) is 1. The molecule has 0 aromatic heterocycles. The third-order valence-electron chi connectivity index (χ3n) is 2.58. The van der Waals surface area contributed by atoms with Crippen LogP contribution in [-0.4, -0.2) is 18.2 Å². The molecule has 1 rings (SSSR count). The van der Waals surface area contributed by atoms with Crippen LogP contribution in [0.2, 0.25) is 0 Å². The standard InChI is InChI=1S/C12H15FO3/c1-3-8(7-12(15)16-2)9-4-5-10(13)11(14)6-9/h4-6,8,14H,3,7H2,1-2H3/t8-/m0/s1. The topological polar surface area (TPSA) is 46.5 Å². The molecule has 16 heavy (non-hydrogen) atoms. The number of methoxy groups -OCH3 is 1. The number of phenolic OH excluding ortho intramolecular Hbond substituents is 1. The minimum atomic E-state index is -0.656. The summed E-state index contributed by atoms with van der Waals surface area (Å²) in [6.07, 6.45) is 0.957. The van der Waals surface area contributed by atoms with Crippen molar-refractivity contribution in [2.45, 2.75) is 25.7 Å².